The maximum absolute atomic E-state index is 13.2. The molecular formula is C11H17FN2. The van der Waals surface area contributed by atoms with Gasteiger partial charge in [-0.15, -0.1) is 0 Å². The van der Waals surface area contributed by atoms with Crippen molar-refractivity contribution in [1.82, 2.24) is 0 Å². The quantitative estimate of drug-likeness (QED) is 0.727. The Morgan fingerprint density at radius 2 is 2.14 bits per heavy atom. The summed E-state index contributed by atoms with van der Waals surface area (Å²) in [7, 11) is 0. The monoisotopic (exact) mass is 196 g/mol. The normalized spacial score (nSPS) is 10.6. The van der Waals surface area contributed by atoms with Gasteiger partial charge in [0.05, 0.1) is 11.4 Å². The van der Waals surface area contributed by atoms with Crippen LogP contribution in [0.1, 0.15) is 20.3 Å². The fourth-order valence-electron chi connectivity index (χ4n) is 1.21. The smallest absolute Gasteiger partial charge is 0.148 e. The van der Waals surface area contributed by atoms with E-state index < -0.39 is 0 Å². The van der Waals surface area contributed by atoms with Gasteiger partial charge in [0, 0.05) is 6.54 Å². The summed E-state index contributed by atoms with van der Waals surface area (Å²) < 4.78 is 13.2. The predicted molar refractivity (Wildman–Crippen MR) is 58.8 cm³/mol. The maximum atomic E-state index is 13.2. The Hall–Kier alpha value is -1.25. The number of nitrogens with two attached hydrogens (primary N) is 1. The molecule has 3 heteroatoms. The van der Waals surface area contributed by atoms with Crippen LogP contribution in [0.2, 0.25) is 0 Å². The van der Waals surface area contributed by atoms with E-state index in [0.717, 1.165) is 13.0 Å². The third-order valence-corrected chi connectivity index (χ3v) is 2.07. The first kappa shape index (κ1) is 10.8. The molecule has 1 aromatic rings. The van der Waals surface area contributed by atoms with Crippen molar-refractivity contribution in [2.24, 2.45) is 5.92 Å². The number of rotatable bonds is 4. The molecule has 0 heterocycles. The minimum Gasteiger partial charge on any atom is -0.397 e. The first-order valence-electron chi connectivity index (χ1n) is 4.89. The van der Waals surface area contributed by atoms with Gasteiger partial charge in [0.15, 0.2) is 0 Å². The second kappa shape index (κ2) is 4.84. The molecule has 0 aliphatic heterocycles. The van der Waals surface area contributed by atoms with Crippen molar-refractivity contribution in [3.05, 3.63) is 24.0 Å². The molecule has 0 aliphatic rings. The van der Waals surface area contributed by atoms with E-state index in [1.54, 1.807) is 12.1 Å². The molecule has 78 valence electrons. The summed E-state index contributed by atoms with van der Waals surface area (Å²) in [5.74, 6) is 0.323. The zero-order valence-corrected chi connectivity index (χ0v) is 8.68. The molecule has 0 spiro atoms. The fraction of sp³-hybridized carbons (Fsp3) is 0.455. The Labute approximate surface area is 84.3 Å². The van der Waals surface area contributed by atoms with Gasteiger partial charge < -0.3 is 11.1 Å². The number of hydrogen-bond donors (Lipinski definition) is 2. The molecule has 0 fully saturated rings. The Morgan fingerprint density at radius 3 is 2.71 bits per heavy atom. The summed E-state index contributed by atoms with van der Waals surface area (Å²) in [6, 6.07) is 4.72. The highest BCUT2D eigenvalue weighted by Gasteiger charge is 2.04. The van der Waals surface area contributed by atoms with E-state index in [2.05, 4.69) is 19.2 Å². The van der Waals surface area contributed by atoms with Gasteiger partial charge in [-0.25, -0.2) is 4.39 Å². The lowest BCUT2D eigenvalue weighted by molar-refractivity contribution is 0.600. The molecule has 0 unspecified atom stereocenters. The highest BCUT2D eigenvalue weighted by Crippen LogP contribution is 2.21. The molecule has 0 atom stereocenters. The van der Waals surface area contributed by atoms with Gasteiger partial charge in [0.1, 0.15) is 5.82 Å². The highest BCUT2D eigenvalue weighted by atomic mass is 19.1. The van der Waals surface area contributed by atoms with Gasteiger partial charge in [-0.1, -0.05) is 19.9 Å². The Balaban J connectivity index is 2.58. The fourth-order valence-corrected chi connectivity index (χ4v) is 1.21. The number of halogens is 1. The first-order valence-corrected chi connectivity index (χ1v) is 4.89. The van der Waals surface area contributed by atoms with Crippen LogP contribution in [-0.4, -0.2) is 6.54 Å². The minimum absolute atomic E-state index is 0.284. The summed E-state index contributed by atoms with van der Waals surface area (Å²) in [5.41, 5.74) is 6.53. The molecule has 0 bridgehead atoms. The second-order valence-corrected chi connectivity index (χ2v) is 3.81. The van der Waals surface area contributed by atoms with E-state index >= 15 is 0 Å². The number of nitrogens with one attached hydrogen (secondary N) is 1. The van der Waals surface area contributed by atoms with Crippen LogP contribution in [0.5, 0.6) is 0 Å². The van der Waals surface area contributed by atoms with Gasteiger partial charge in [0.2, 0.25) is 0 Å². The number of hydrogen-bond acceptors (Lipinski definition) is 2. The summed E-state index contributed by atoms with van der Waals surface area (Å²) >= 11 is 0. The average molecular weight is 196 g/mol. The van der Waals surface area contributed by atoms with Crippen LogP contribution in [-0.2, 0) is 0 Å². The van der Waals surface area contributed by atoms with E-state index in [0.29, 0.717) is 17.3 Å². The third kappa shape index (κ3) is 2.91. The van der Waals surface area contributed by atoms with Crippen molar-refractivity contribution in [2.75, 3.05) is 17.6 Å². The van der Waals surface area contributed by atoms with Crippen LogP contribution in [0, 0.1) is 11.7 Å². The highest BCUT2D eigenvalue weighted by molar-refractivity contribution is 5.66. The molecule has 14 heavy (non-hydrogen) atoms. The molecule has 0 aromatic heterocycles. The lowest BCUT2D eigenvalue weighted by atomic mass is 10.1. The molecule has 3 N–H and O–H groups in total. The van der Waals surface area contributed by atoms with Gasteiger partial charge in [-0.05, 0) is 24.5 Å². The molecule has 1 aromatic carbocycles. The largest absolute Gasteiger partial charge is 0.397 e. The Kier molecular flexibility index (Phi) is 3.74. The third-order valence-electron chi connectivity index (χ3n) is 2.07. The molecule has 2 nitrogen and oxygen atoms in total. The Bertz CT molecular complexity index is 277. The van der Waals surface area contributed by atoms with E-state index in [4.69, 9.17) is 5.73 Å². The van der Waals surface area contributed by atoms with Crippen molar-refractivity contribution >= 4 is 11.4 Å². The van der Waals surface area contributed by atoms with Crippen LogP contribution < -0.4 is 11.1 Å². The average Bonchev–Trinajstić information content (AvgIpc) is 2.09. The molecule has 0 radical (unpaired) electrons. The molecule has 1 rings (SSSR count). The Morgan fingerprint density at radius 1 is 1.43 bits per heavy atom. The number of anilines is 2. The number of para-hydroxylation sites is 1. The summed E-state index contributed by atoms with van der Waals surface area (Å²) in [6.45, 7) is 5.02. The van der Waals surface area contributed by atoms with E-state index in [1.165, 1.54) is 6.07 Å². The number of nitrogen functional groups attached to an aromatic ring is 1. The zero-order chi connectivity index (χ0) is 10.6. The van der Waals surface area contributed by atoms with Gasteiger partial charge in [-0.3, -0.25) is 0 Å². The van der Waals surface area contributed by atoms with Crippen molar-refractivity contribution < 1.29 is 4.39 Å². The van der Waals surface area contributed by atoms with Crippen molar-refractivity contribution in [3.8, 4) is 0 Å². The van der Waals surface area contributed by atoms with Crippen molar-refractivity contribution in [3.63, 3.8) is 0 Å². The van der Waals surface area contributed by atoms with Gasteiger partial charge in [0.25, 0.3) is 0 Å². The summed E-state index contributed by atoms with van der Waals surface area (Å²) in [5, 5.41) is 3.01. The molecule has 0 saturated carbocycles. The van der Waals surface area contributed by atoms with Crippen LogP contribution in [0.4, 0.5) is 15.8 Å². The van der Waals surface area contributed by atoms with Crippen molar-refractivity contribution in [2.45, 2.75) is 20.3 Å². The van der Waals surface area contributed by atoms with Crippen LogP contribution >= 0.6 is 0 Å². The SMILES string of the molecule is CC(C)CCNc1c(N)cccc1F. The van der Waals surface area contributed by atoms with Gasteiger partial charge >= 0.3 is 0 Å². The lowest BCUT2D eigenvalue weighted by Gasteiger charge is -2.11. The summed E-state index contributed by atoms with van der Waals surface area (Å²) in [4.78, 5) is 0. The maximum Gasteiger partial charge on any atom is 0.148 e. The zero-order valence-electron chi connectivity index (χ0n) is 8.68. The topological polar surface area (TPSA) is 38.0 Å². The van der Waals surface area contributed by atoms with Crippen molar-refractivity contribution in [1.29, 1.82) is 0 Å². The minimum atomic E-state index is -0.284. The standard InChI is InChI=1S/C11H17FN2/c1-8(2)6-7-14-11-9(12)4-3-5-10(11)13/h3-5,8,14H,6-7,13H2,1-2H3. The van der Waals surface area contributed by atoms with Gasteiger partial charge in [-0.2, -0.15) is 0 Å². The molecule has 0 amide bonds. The van der Waals surface area contributed by atoms with E-state index in [-0.39, 0.29) is 5.82 Å². The van der Waals surface area contributed by atoms with E-state index in [9.17, 15) is 4.39 Å². The number of benzene rings is 1. The van der Waals surface area contributed by atoms with Crippen LogP contribution in [0.3, 0.4) is 0 Å². The summed E-state index contributed by atoms with van der Waals surface area (Å²) in [6.07, 6.45) is 1.01. The molecular weight excluding hydrogens is 179 g/mol. The van der Waals surface area contributed by atoms with Crippen LogP contribution in [0.15, 0.2) is 18.2 Å². The first-order chi connectivity index (χ1) is 6.61. The van der Waals surface area contributed by atoms with Crippen LogP contribution in [0.25, 0.3) is 0 Å². The predicted octanol–water partition coefficient (Wildman–Crippen LogP) is 2.87. The molecule has 0 aliphatic carbocycles. The second-order valence-electron chi connectivity index (χ2n) is 3.81. The molecule has 0 saturated heterocycles. The lowest BCUT2D eigenvalue weighted by Crippen LogP contribution is -2.08. The van der Waals surface area contributed by atoms with E-state index in [1.807, 2.05) is 0 Å².